The maximum Gasteiger partial charge on any atom is 0.226 e. The number of likely N-dealkylation sites (tertiary alicyclic amines) is 1. The van der Waals surface area contributed by atoms with E-state index in [0.29, 0.717) is 31.5 Å². The molecule has 5 nitrogen and oxygen atoms in total. The Morgan fingerprint density at radius 3 is 2.75 bits per heavy atom. The van der Waals surface area contributed by atoms with E-state index in [4.69, 9.17) is 10.9 Å². The molecule has 0 atom stereocenters. The molecule has 1 aromatic rings. The molecule has 6 heteroatoms. The summed E-state index contributed by atoms with van der Waals surface area (Å²) in [5, 5.41) is 11.6. The minimum absolute atomic E-state index is 0.0199. The van der Waals surface area contributed by atoms with E-state index in [1.54, 1.807) is 17.0 Å². The molecule has 1 amide bonds. The molecule has 1 heterocycles. The molecule has 1 fully saturated rings. The Morgan fingerprint density at radius 2 is 2.15 bits per heavy atom. The van der Waals surface area contributed by atoms with Crippen LogP contribution in [0, 0.1) is 11.7 Å². The first kappa shape index (κ1) is 14.3. The highest BCUT2D eigenvalue weighted by Crippen LogP contribution is 2.18. The van der Waals surface area contributed by atoms with Crippen LogP contribution < -0.4 is 5.73 Å². The van der Waals surface area contributed by atoms with E-state index in [1.165, 1.54) is 12.1 Å². The molecule has 0 spiro atoms. The van der Waals surface area contributed by atoms with E-state index in [0.717, 1.165) is 0 Å². The zero-order valence-electron chi connectivity index (χ0n) is 11.1. The number of benzene rings is 1. The second-order valence-electron chi connectivity index (χ2n) is 4.99. The minimum Gasteiger partial charge on any atom is -0.409 e. The number of hydrogen-bond acceptors (Lipinski definition) is 3. The summed E-state index contributed by atoms with van der Waals surface area (Å²) in [6.07, 6.45) is 1.57. The van der Waals surface area contributed by atoms with Crippen molar-refractivity contribution in [1.29, 1.82) is 0 Å². The molecule has 0 aromatic heterocycles. The molecule has 20 heavy (non-hydrogen) atoms. The molecule has 1 aliphatic rings. The molecule has 1 saturated heterocycles. The van der Waals surface area contributed by atoms with Gasteiger partial charge in [-0.3, -0.25) is 4.79 Å². The van der Waals surface area contributed by atoms with Gasteiger partial charge in [0.05, 0.1) is 6.42 Å². The number of nitrogens with two attached hydrogens (primary N) is 1. The Kier molecular flexibility index (Phi) is 4.55. The van der Waals surface area contributed by atoms with E-state index in [1.807, 2.05) is 0 Å². The van der Waals surface area contributed by atoms with Crippen molar-refractivity contribution in [3.63, 3.8) is 0 Å². The van der Waals surface area contributed by atoms with Crippen molar-refractivity contribution in [3.8, 4) is 0 Å². The third kappa shape index (κ3) is 3.46. The van der Waals surface area contributed by atoms with Crippen LogP contribution in [0.1, 0.15) is 18.4 Å². The zero-order valence-corrected chi connectivity index (χ0v) is 11.1. The van der Waals surface area contributed by atoms with Crippen LogP contribution in [0.3, 0.4) is 0 Å². The van der Waals surface area contributed by atoms with E-state index >= 15 is 0 Å². The summed E-state index contributed by atoms with van der Waals surface area (Å²) in [4.78, 5) is 13.9. The molecule has 0 saturated carbocycles. The van der Waals surface area contributed by atoms with Gasteiger partial charge in [-0.2, -0.15) is 0 Å². The van der Waals surface area contributed by atoms with Gasteiger partial charge < -0.3 is 15.8 Å². The molecule has 2 rings (SSSR count). The molecule has 108 valence electrons. The maximum absolute atomic E-state index is 13.1. The van der Waals surface area contributed by atoms with Crippen molar-refractivity contribution in [3.05, 3.63) is 35.6 Å². The number of hydrogen-bond donors (Lipinski definition) is 2. The number of oxime groups is 1. The van der Waals surface area contributed by atoms with Crippen molar-refractivity contribution in [2.45, 2.75) is 19.3 Å². The van der Waals surface area contributed by atoms with Crippen molar-refractivity contribution >= 4 is 11.7 Å². The van der Waals surface area contributed by atoms with Crippen LogP contribution in [0.15, 0.2) is 29.4 Å². The molecule has 0 aliphatic carbocycles. The Balaban J connectivity index is 1.89. The predicted octanol–water partition coefficient (Wildman–Crippen LogP) is 1.35. The first-order valence-electron chi connectivity index (χ1n) is 6.60. The van der Waals surface area contributed by atoms with Gasteiger partial charge in [-0.15, -0.1) is 0 Å². The lowest BCUT2D eigenvalue weighted by atomic mass is 9.95. The van der Waals surface area contributed by atoms with Gasteiger partial charge in [0.1, 0.15) is 11.7 Å². The SMILES string of the molecule is NC(=NO)C1CCN(C(=O)Cc2cccc(F)c2)CC1. The lowest BCUT2D eigenvalue weighted by Crippen LogP contribution is -2.42. The zero-order chi connectivity index (χ0) is 14.5. The summed E-state index contributed by atoms with van der Waals surface area (Å²) >= 11 is 0. The fraction of sp³-hybridized carbons (Fsp3) is 0.429. The molecular weight excluding hydrogens is 261 g/mol. The Morgan fingerprint density at radius 1 is 1.45 bits per heavy atom. The van der Waals surface area contributed by atoms with Gasteiger partial charge in [0, 0.05) is 19.0 Å². The molecule has 0 radical (unpaired) electrons. The smallest absolute Gasteiger partial charge is 0.226 e. The van der Waals surface area contributed by atoms with Gasteiger partial charge in [0.25, 0.3) is 0 Å². The Labute approximate surface area is 116 Å². The maximum atomic E-state index is 13.1. The first-order chi connectivity index (χ1) is 9.60. The van der Waals surface area contributed by atoms with Crippen molar-refractivity contribution in [2.75, 3.05) is 13.1 Å². The number of halogens is 1. The summed E-state index contributed by atoms with van der Waals surface area (Å²) in [6, 6.07) is 6.07. The highest BCUT2D eigenvalue weighted by molar-refractivity contribution is 5.83. The fourth-order valence-electron chi connectivity index (χ4n) is 2.44. The van der Waals surface area contributed by atoms with E-state index in [-0.39, 0.29) is 29.9 Å². The van der Waals surface area contributed by atoms with E-state index in [9.17, 15) is 9.18 Å². The minimum atomic E-state index is -0.332. The van der Waals surface area contributed by atoms with Crippen LogP contribution in [0.5, 0.6) is 0 Å². The van der Waals surface area contributed by atoms with Crippen molar-refractivity contribution in [2.24, 2.45) is 16.8 Å². The van der Waals surface area contributed by atoms with Gasteiger partial charge >= 0.3 is 0 Å². The van der Waals surface area contributed by atoms with Crippen molar-refractivity contribution < 1.29 is 14.4 Å². The first-order valence-corrected chi connectivity index (χ1v) is 6.60. The molecule has 0 unspecified atom stereocenters. The lowest BCUT2D eigenvalue weighted by Gasteiger charge is -2.31. The Hall–Kier alpha value is -2.11. The monoisotopic (exact) mass is 279 g/mol. The van der Waals surface area contributed by atoms with E-state index in [2.05, 4.69) is 5.16 Å². The number of amidine groups is 1. The van der Waals surface area contributed by atoms with E-state index < -0.39 is 0 Å². The molecule has 0 bridgehead atoms. The molecule has 3 N–H and O–H groups in total. The van der Waals surface area contributed by atoms with Crippen LogP contribution in [-0.4, -0.2) is 34.9 Å². The topological polar surface area (TPSA) is 78.9 Å². The standard InChI is InChI=1S/C14H18FN3O2/c15-12-3-1-2-10(8-12)9-13(19)18-6-4-11(5-7-18)14(16)17-20/h1-3,8,11,20H,4-7,9H2,(H2,16,17). The Bertz CT molecular complexity index is 511. The van der Waals surface area contributed by atoms with Crippen molar-refractivity contribution in [1.82, 2.24) is 4.90 Å². The largest absolute Gasteiger partial charge is 0.409 e. The highest BCUT2D eigenvalue weighted by atomic mass is 19.1. The average molecular weight is 279 g/mol. The second-order valence-corrected chi connectivity index (χ2v) is 4.99. The van der Waals surface area contributed by atoms with Gasteiger partial charge in [0.2, 0.25) is 5.91 Å². The third-order valence-corrected chi connectivity index (χ3v) is 3.63. The fourth-order valence-corrected chi connectivity index (χ4v) is 2.44. The van der Waals surface area contributed by atoms with Gasteiger partial charge in [0.15, 0.2) is 0 Å². The third-order valence-electron chi connectivity index (χ3n) is 3.63. The summed E-state index contributed by atoms with van der Waals surface area (Å²) in [6.45, 7) is 1.16. The summed E-state index contributed by atoms with van der Waals surface area (Å²) in [5.41, 5.74) is 6.24. The second kappa shape index (κ2) is 6.36. The van der Waals surface area contributed by atoms with Crippen LogP contribution in [0.2, 0.25) is 0 Å². The predicted molar refractivity (Wildman–Crippen MR) is 72.8 cm³/mol. The van der Waals surface area contributed by atoms with Gasteiger partial charge in [-0.25, -0.2) is 4.39 Å². The number of amides is 1. The van der Waals surface area contributed by atoms with Crippen LogP contribution >= 0.6 is 0 Å². The highest BCUT2D eigenvalue weighted by Gasteiger charge is 2.25. The summed E-state index contributed by atoms with van der Waals surface area (Å²) in [7, 11) is 0. The number of rotatable bonds is 3. The normalized spacial score (nSPS) is 17.2. The average Bonchev–Trinajstić information content (AvgIpc) is 2.46. The quantitative estimate of drug-likeness (QED) is 0.379. The van der Waals surface area contributed by atoms with Crippen LogP contribution in [-0.2, 0) is 11.2 Å². The van der Waals surface area contributed by atoms with Crippen LogP contribution in [0.4, 0.5) is 4.39 Å². The summed E-state index contributed by atoms with van der Waals surface area (Å²) < 4.78 is 13.1. The summed E-state index contributed by atoms with van der Waals surface area (Å²) in [5.74, 6) is -0.102. The van der Waals surface area contributed by atoms with Gasteiger partial charge in [-0.1, -0.05) is 17.3 Å². The number of carbonyl (C=O) groups is 1. The lowest BCUT2D eigenvalue weighted by molar-refractivity contribution is -0.131. The molecule has 1 aliphatic heterocycles. The number of piperidine rings is 1. The molecular formula is C14H18FN3O2. The van der Waals surface area contributed by atoms with Gasteiger partial charge in [-0.05, 0) is 30.5 Å². The number of nitrogens with zero attached hydrogens (tertiary/aromatic N) is 2. The number of carbonyl (C=O) groups excluding carboxylic acids is 1. The van der Waals surface area contributed by atoms with Crippen LogP contribution in [0.25, 0.3) is 0 Å². The molecule has 1 aromatic carbocycles.